The number of aliphatic hydroxyl groups is 1. The van der Waals surface area contributed by atoms with Crippen molar-refractivity contribution >= 4 is 23.1 Å². The zero-order chi connectivity index (χ0) is 26.0. The fourth-order valence-electron chi connectivity index (χ4n) is 3.99. The highest BCUT2D eigenvalue weighted by Gasteiger charge is 2.47. The first-order valence-corrected chi connectivity index (χ1v) is 10.6. The Morgan fingerprint density at radius 3 is 2.06 bits per heavy atom. The molecule has 3 aromatic rings. The summed E-state index contributed by atoms with van der Waals surface area (Å²) in [4.78, 5) is 27.5. The van der Waals surface area contributed by atoms with Crippen molar-refractivity contribution in [2.45, 2.75) is 12.4 Å². The van der Waals surface area contributed by atoms with Crippen molar-refractivity contribution in [3.8, 4) is 17.2 Å². The SMILES string of the molecule is COc1ccc(C2/C(=C(/O)c3ccccc3OC)C(=O)C(=O)N2c2ccc(OC(F)(F)F)cc2)cc1. The fourth-order valence-corrected chi connectivity index (χ4v) is 3.99. The number of hydrogen-bond acceptors (Lipinski definition) is 6. The molecule has 1 heterocycles. The van der Waals surface area contributed by atoms with E-state index in [-0.39, 0.29) is 22.6 Å². The van der Waals surface area contributed by atoms with Crippen LogP contribution in [0.5, 0.6) is 17.2 Å². The molecule has 1 saturated heterocycles. The van der Waals surface area contributed by atoms with Crippen molar-refractivity contribution in [3.05, 3.63) is 89.5 Å². The molecule has 0 aliphatic carbocycles. The molecule has 0 saturated carbocycles. The maximum atomic E-state index is 13.2. The molecule has 0 spiro atoms. The summed E-state index contributed by atoms with van der Waals surface area (Å²) >= 11 is 0. The first-order chi connectivity index (χ1) is 17.1. The Kier molecular flexibility index (Phi) is 6.61. The standard InChI is InChI=1S/C26H20F3NO6/c1-34-17-11-7-15(8-12-17)22-21(23(31)19-5-3-4-6-20(19)35-2)24(32)25(33)30(22)16-9-13-18(14-10-16)36-26(27,28)29/h3-14,22,31H,1-2H3/b23-21-. The lowest BCUT2D eigenvalue weighted by atomic mass is 9.94. The predicted molar refractivity (Wildman–Crippen MR) is 124 cm³/mol. The second-order valence-corrected chi connectivity index (χ2v) is 7.68. The van der Waals surface area contributed by atoms with Gasteiger partial charge in [0.25, 0.3) is 11.7 Å². The number of hydrogen-bond donors (Lipinski definition) is 1. The fraction of sp³-hybridized carbons (Fsp3) is 0.154. The third-order valence-corrected chi connectivity index (χ3v) is 5.59. The molecule has 0 radical (unpaired) electrons. The molecular formula is C26H20F3NO6. The minimum atomic E-state index is -4.89. The van der Waals surface area contributed by atoms with E-state index in [0.29, 0.717) is 11.3 Å². The lowest BCUT2D eigenvalue weighted by Gasteiger charge is -2.26. The molecule has 1 atom stereocenters. The second kappa shape index (κ2) is 9.65. The zero-order valence-corrected chi connectivity index (χ0v) is 19.1. The summed E-state index contributed by atoms with van der Waals surface area (Å²) in [6, 6.07) is 16.4. The Balaban J connectivity index is 1.88. The monoisotopic (exact) mass is 499 g/mol. The Bertz CT molecular complexity index is 1320. The summed E-state index contributed by atoms with van der Waals surface area (Å²) in [7, 11) is 2.88. The van der Waals surface area contributed by atoms with E-state index in [9.17, 15) is 27.9 Å². The van der Waals surface area contributed by atoms with E-state index in [1.165, 1.54) is 32.4 Å². The van der Waals surface area contributed by atoms with Gasteiger partial charge in [-0.3, -0.25) is 14.5 Å². The summed E-state index contributed by atoms with van der Waals surface area (Å²) in [6.45, 7) is 0. The van der Waals surface area contributed by atoms with Gasteiger partial charge in [-0.1, -0.05) is 24.3 Å². The van der Waals surface area contributed by atoms with E-state index >= 15 is 0 Å². The Labute approximate surface area is 203 Å². The number of ether oxygens (including phenoxy) is 3. The molecule has 1 fully saturated rings. The smallest absolute Gasteiger partial charge is 0.507 e. The number of carbonyl (C=O) groups excluding carboxylic acids is 2. The molecule has 10 heteroatoms. The largest absolute Gasteiger partial charge is 0.573 e. The van der Waals surface area contributed by atoms with Crippen LogP contribution in [0.3, 0.4) is 0 Å². The third kappa shape index (κ3) is 4.70. The third-order valence-electron chi connectivity index (χ3n) is 5.59. The number of ketones is 1. The van der Waals surface area contributed by atoms with Gasteiger partial charge in [-0.05, 0) is 54.1 Å². The van der Waals surface area contributed by atoms with Crippen molar-refractivity contribution in [2.24, 2.45) is 0 Å². The molecule has 36 heavy (non-hydrogen) atoms. The summed E-state index contributed by atoms with van der Waals surface area (Å²) in [6.07, 6.45) is -4.89. The molecule has 0 aromatic heterocycles. The van der Waals surface area contributed by atoms with Gasteiger partial charge in [0.15, 0.2) is 0 Å². The second-order valence-electron chi connectivity index (χ2n) is 7.68. The average Bonchev–Trinajstić information content (AvgIpc) is 3.13. The molecule has 1 N–H and O–H groups in total. The van der Waals surface area contributed by atoms with Crippen LogP contribution in [0.1, 0.15) is 17.2 Å². The van der Waals surface area contributed by atoms with Crippen molar-refractivity contribution in [1.82, 2.24) is 0 Å². The van der Waals surface area contributed by atoms with Crippen LogP contribution in [0.15, 0.2) is 78.4 Å². The minimum absolute atomic E-state index is 0.131. The van der Waals surface area contributed by atoms with Gasteiger partial charge in [0, 0.05) is 5.69 Å². The zero-order valence-electron chi connectivity index (χ0n) is 19.1. The van der Waals surface area contributed by atoms with Gasteiger partial charge in [-0.15, -0.1) is 13.2 Å². The number of aliphatic hydroxyl groups excluding tert-OH is 1. The molecule has 0 bridgehead atoms. The average molecular weight is 499 g/mol. The molecule has 1 aliphatic heterocycles. The van der Waals surface area contributed by atoms with Gasteiger partial charge in [0.2, 0.25) is 0 Å². The van der Waals surface area contributed by atoms with E-state index in [2.05, 4.69) is 4.74 Å². The molecule has 1 amide bonds. The van der Waals surface area contributed by atoms with Crippen molar-refractivity contribution < 1.29 is 42.1 Å². The number of carbonyl (C=O) groups is 2. The predicted octanol–water partition coefficient (Wildman–Crippen LogP) is 5.23. The van der Waals surface area contributed by atoms with Crippen LogP contribution in [0.4, 0.5) is 18.9 Å². The van der Waals surface area contributed by atoms with Crippen LogP contribution in [-0.4, -0.2) is 37.4 Å². The lowest BCUT2D eigenvalue weighted by molar-refractivity contribution is -0.274. The number of amides is 1. The molecule has 4 rings (SSSR count). The number of methoxy groups -OCH3 is 2. The Morgan fingerprint density at radius 2 is 1.47 bits per heavy atom. The van der Waals surface area contributed by atoms with Crippen LogP contribution < -0.4 is 19.1 Å². The van der Waals surface area contributed by atoms with Crippen molar-refractivity contribution in [1.29, 1.82) is 0 Å². The molecule has 186 valence electrons. The molecule has 1 unspecified atom stereocenters. The maximum absolute atomic E-state index is 13.2. The van der Waals surface area contributed by atoms with Crippen LogP contribution in [0.2, 0.25) is 0 Å². The Morgan fingerprint density at radius 1 is 0.861 bits per heavy atom. The van der Waals surface area contributed by atoms with Crippen molar-refractivity contribution in [3.63, 3.8) is 0 Å². The molecule has 1 aliphatic rings. The van der Waals surface area contributed by atoms with E-state index in [1.807, 2.05) is 0 Å². The minimum Gasteiger partial charge on any atom is -0.507 e. The highest BCUT2D eigenvalue weighted by molar-refractivity contribution is 6.51. The van der Waals surface area contributed by atoms with E-state index in [4.69, 9.17) is 9.47 Å². The van der Waals surface area contributed by atoms with Gasteiger partial charge in [0.05, 0.1) is 31.4 Å². The number of halogens is 3. The quantitative estimate of drug-likeness (QED) is 0.284. The Hall–Kier alpha value is -4.47. The van der Waals surface area contributed by atoms with Gasteiger partial charge in [0.1, 0.15) is 23.0 Å². The first-order valence-electron chi connectivity index (χ1n) is 10.6. The van der Waals surface area contributed by atoms with Crippen LogP contribution in [0, 0.1) is 0 Å². The summed E-state index contributed by atoms with van der Waals surface area (Å²) in [5, 5.41) is 11.2. The number of alkyl halides is 3. The lowest BCUT2D eigenvalue weighted by Crippen LogP contribution is -2.29. The van der Waals surface area contributed by atoms with E-state index in [0.717, 1.165) is 17.0 Å². The topological polar surface area (TPSA) is 85.3 Å². The van der Waals surface area contributed by atoms with Crippen LogP contribution >= 0.6 is 0 Å². The van der Waals surface area contributed by atoms with Crippen molar-refractivity contribution in [2.75, 3.05) is 19.1 Å². The van der Waals surface area contributed by atoms with Crippen LogP contribution in [-0.2, 0) is 9.59 Å². The number of nitrogens with zero attached hydrogens (tertiary/aromatic N) is 1. The van der Waals surface area contributed by atoms with E-state index < -0.39 is 35.6 Å². The summed E-state index contributed by atoms with van der Waals surface area (Å²) in [5.41, 5.74) is 0.587. The molecular weight excluding hydrogens is 479 g/mol. The number of benzene rings is 3. The first kappa shape index (κ1) is 24.6. The molecule has 3 aromatic carbocycles. The molecule has 7 nitrogen and oxygen atoms in total. The van der Waals surface area contributed by atoms with Gasteiger partial charge in [-0.25, -0.2) is 0 Å². The number of para-hydroxylation sites is 1. The number of anilines is 1. The summed E-state index contributed by atoms with van der Waals surface area (Å²) < 4.78 is 52.1. The highest BCUT2D eigenvalue weighted by atomic mass is 19.4. The van der Waals surface area contributed by atoms with Crippen LogP contribution in [0.25, 0.3) is 5.76 Å². The van der Waals surface area contributed by atoms with E-state index in [1.54, 1.807) is 42.5 Å². The van der Waals surface area contributed by atoms with Gasteiger partial charge < -0.3 is 19.3 Å². The normalized spacial score (nSPS) is 17.2. The maximum Gasteiger partial charge on any atom is 0.573 e. The summed E-state index contributed by atoms with van der Waals surface area (Å²) in [5.74, 6) is -2.06. The highest BCUT2D eigenvalue weighted by Crippen LogP contribution is 2.44. The van der Waals surface area contributed by atoms with Gasteiger partial charge >= 0.3 is 6.36 Å². The van der Waals surface area contributed by atoms with Gasteiger partial charge in [-0.2, -0.15) is 0 Å². The number of rotatable bonds is 6. The number of Topliss-reactive ketones (excluding diaryl/α,β-unsaturated/α-hetero) is 1.